The average molecular weight is 339 g/mol. The minimum absolute atomic E-state index is 0.0584. The van der Waals surface area contributed by atoms with Gasteiger partial charge in [-0.3, -0.25) is 4.57 Å². The van der Waals surface area contributed by atoms with Crippen LogP contribution >= 0.6 is 11.8 Å². The Labute approximate surface area is 137 Å². The molecule has 2 aromatic rings. The molecule has 1 fully saturated rings. The van der Waals surface area contributed by atoms with Gasteiger partial charge in [-0.15, -0.1) is 5.10 Å². The van der Waals surface area contributed by atoms with Gasteiger partial charge in [-0.2, -0.15) is 0 Å². The van der Waals surface area contributed by atoms with Crippen molar-refractivity contribution in [2.24, 2.45) is 0 Å². The molecule has 1 aromatic carbocycles. The highest BCUT2D eigenvalue weighted by Gasteiger charge is 2.19. The molecule has 1 aromatic heterocycles. The first-order chi connectivity index (χ1) is 11.2. The fourth-order valence-corrected chi connectivity index (χ4v) is 3.41. The molecule has 6 nitrogen and oxygen atoms in total. The molecule has 1 saturated heterocycles. The predicted octanol–water partition coefficient (Wildman–Crippen LogP) is 2.19. The second kappa shape index (κ2) is 7.18. The van der Waals surface area contributed by atoms with Crippen LogP contribution in [0.4, 0.5) is 4.39 Å². The summed E-state index contributed by atoms with van der Waals surface area (Å²) in [6.07, 6.45) is 2.03. The van der Waals surface area contributed by atoms with E-state index in [9.17, 15) is 9.18 Å². The standard InChI is InChI=1S/C15H18FN3O3S/c1-21-13-5-4-10(7-12(13)16)9-23-15-18-17-14(20)19(15)8-11-3-2-6-22-11/h4-5,7,11H,2-3,6,8-9H2,1H3,(H,17,20). The van der Waals surface area contributed by atoms with Crippen LogP contribution < -0.4 is 10.4 Å². The second-order valence-corrected chi connectivity index (χ2v) is 6.26. The monoisotopic (exact) mass is 339 g/mol. The Hall–Kier alpha value is -1.80. The Morgan fingerprint density at radius 1 is 1.57 bits per heavy atom. The number of methoxy groups -OCH3 is 1. The Balaban J connectivity index is 1.68. The first-order valence-corrected chi connectivity index (χ1v) is 8.38. The molecule has 0 aliphatic carbocycles. The van der Waals surface area contributed by atoms with E-state index in [0.717, 1.165) is 25.0 Å². The summed E-state index contributed by atoms with van der Waals surface area (Å²) < 4.78 is 25.8. The molecule has 0 amide bonds. The van der Waals surface area contributed by atoms with E-state index in [1.54, 1.807) is 16.7 Å². The average Bonchev–Trinajstić information content (AvgIpc) is 3.17. The molecule has 0 spiro atoms. The smallest absolute Gasteiger partial charge is 0.344 e. The number of aromatic amines is 1. The van der Waals surface area contributed by atoms with Crippen LogP contribution in [-0.2, 0) is 17.0 Å². The van der Waals surface area contributed by atoms with Crippen molar-refractivity contribution in [1.82, 2.24) is 14.8 Å². The maximum Gasteiger partial charge on any atom is 0.344 e. The molecule has 23 heavy (non-hydrogen) atoms. The Bertz CT molecular complexity index is 725. The summed E-state index contributed by atoms with van der Waals surface area (Å²) in [7, 11) is 1.43. The van der Waals surface area contributed by atoms with Gasteiger partial charge in [0, 0.05) is 12.4 Å². The number of aromatic nitrogens is 3. The highest BCUT2D eigenvalue weighted by Crippen LogP contribution is 2.24. The van der Waals surface area contributed by atoms with E-state index >= 15 is 0 Å². The summed E-state index contributed by atoms with van der Waals surface area (Å²) in [6, 6.07) is 4.82. The maximum atomic E-state index is 13.7. The third-order valence-electron chi connectivity index (χ3n) is 3.72. The quantitative estimate of drug-likeness (QED) is 0.817. The molecule has 8 heteroatoms. The zero-order valence-electron chi connectivity index (χ0n) is 12.8. The molecule has 1 unspecified atom stereocenters. The van der Waals surface area contributed by atoms with Crippen molar-refractivity contribution >= 4 is 11.8 Å². The van der Waals surface area contributed by atoms with Gasteiger partial charge in [-0.1, -0.05) is 17.8 Å². The molecule has 1 N–H and O–H groups in total. The van der Waals surface area contributed by atoms with Gasteiger partial charge in [0.2, 0.25) is 0 Å². The van der Waals surface area contributed by atoms with Crippen LogP contribution in [0.1, 0.15) is 18.4 Å². The van der Waals surface area contributed by atoms with Crippen LogP contribution in [-0.4, -0.2) is 34.6 Å². The number of ether oxygens (including phenoxy) is 2. The van der Waals surface area contributed by atoms with Gasteiger partial charge >= 0.3 is 5.69 Å². The number of nitrogens with one attached hydrogen (secondary N) is 1. The van der Waals surface area contributed by atoms with E-state index in [-0.39, 0.29) is 17.5 Å². The summed E-state index contributed by atoms with van der Waals surface area (Å²) in [5.74, 6) is 0.328. The Morgan fingerprint density at radius 3 is 3.13 bits per heavy atom. The van der Waals surface area contributed by atoms with Crippen LogP contribution in [0.25, 0.3) is 0 Å². The van der Waals surface area contributed by atoms with Crippen molar-refractivity contribution in [2.75, 3.05) is 13.7 Å². The fraction of sp³-hybridized carbons (Fsp3) is 0.467. The summed E-state index contributed by atoms with van der Waals surface area (Å²) in [5, 5.41) is 7.09. The summed E-state index contributed by atoms with van der Waals surface area (Å²) in [6.45, 7) is 1.24. The Morgan fingerprint density at radius 2 is 2.43 bits per heavy atom. The van der Waals surface area contributed by atoms with Crippen molar-refractivity contribution < 1.29 is 13.9 Å². The Kier molecular flexibility index (Phi) is 5.02. The van der Waals surface area contributed by atoms with Gasteiger partial charge in [0.1, 0.15) is 0 Å². The highest BCUT2D eigenvalue weighted by atomic mass is 32.2. The normalized spacial score (nSPS) is 17.6. The van der Waals surface area contributed by atoms with Gasteiger partial charge in [0.25, 0.3) is 0 Å². The van der Waals surface area contributed by atoms with Crippen LogP contribution in [0.3, 0.4) is 0 Å². The zero-order valence-corrected chi connectivity index (χ0v) is 13.6. The maximum absolute atomic E-state index is 13.7. The van der Waals surface area contributed by atoms with E-state index in [1.807, 2.05) is 0 Å². The van der Waals surface area contributed by atoms with Crippen LogP contribution in [0.15, 0.2) is 28.2 Å². The van der Waals surface area contributed by atoms with Crippen molar-refractivity contribution in [1.29, 1.82) is 0 Å². The molecule has 0 radical (unpaired) electrons. The minimum Gasteiger partial charge on any atom is -0.494 e. The molecule has 3 rings (SSSR count). The topological polar surface area (TPSA) is 69.1 Å². The lowest BCUT2D eigenvalue weighted by Crippen LogP contribution is -2.24. The van der Waals surface area contributed by atoms with E-state index in [1.165, 1.54) is 24.9 Å². The molecular formula is C15H18FN3O3S. The largest absolute Gasteiger partial charge is 0.494 e. The molecule has 1 aliphatic rings. The van der Waals surface area contributed by atoms with E-state index < -0.39 is 5.82 Å². The number of benzene rings is 1. The summed E-state index contributed by atoms with van der Waals surface area (Å²) >= 11 is 1.38. The van der Waals surface area contributed by atoms with Crippen molar-refractivity contribution in [3.63, 3.8) is 0 Å². The number of rotatable bonds is 6. The number of H-pyrrole nitrogens is 1. The molecule has 0 saturated carbocycles. The second-order valence-electron chi connectivity index (χ2n) is 5.31. The SMILES string of the molecule is COc1ccc(CSc2n[nH]c(=O)n2CC2CCCO2)cc1F. The number of nitrogens with zero attached hydrogens (tertiary/aromatic N) is 2. The molecule has 124 valence electrons. The van der Waals surface area contributed by atoms with Gasteiger partial charge in [-0.05, 0) is 30.5 Å². The molecular weight excluding hydrogens is 321 g/mol. The fourth-order valence-electron chi connectivity index (χ4n) is 2.51. The van der Waals surface area contributed by atoms with E-state index in [4.69, 9.17) is 9.47 Å². The molecule has 1 atom stereocenters. The lowest BCUT2D eigenvalue weighted by molar-refractivity contribution is 0.0941. The lowest BCUT2D eigenvalue weighted by atomic mass is 10.2. The summed E-state index contributed by atoms with van der Waals surface area (Å²) in [5.41, 5.74) is 0.552. The molecule has 0 bridgehead atoms. The summed E-state index contributed by atoms with van der Waals surface area (Å²) in [4.78, 5) is 11.9. The highest BCUT2D eigenvalue weighted by molar-refractivity contribution is 7.98. The predicted molar refractivity (Wildman–Crippen MR) is 84.3 cm³/mol. The van der Waals surface area contributed by atoms with Gasteiger partial charge < -0.3 is 9.47 Å². The zero-order chi connectivity index (χ0) is 16.2. The number of hydrogen-bond donors (Lipinski definition) is 1. The van der Waals surface area contributed by atoms with Crippen LogP contribution in [0, 0.1) is 5.82 Å². The van der Waals surface area contributed by atoms with Gasteiger partial charge in [0.15, 0.2) is 16.7 Å². The molecule has 2 heterocycles. The van der Waals surface area contributed by atoms with Gasteiger partial charge in [0.05, 0.1) is 19.8 Å². The number of hydrogen-bond acceptors (Lipinski definition) is 5. The third kappa shape index (κ3) is 3.76. The van der Waals surface area contributed by atoms with Crippen molar-refractivity contribution in [3.05, 3.63) is 40.1 Å². The van der Waals surface area contributed by atoms with E-state index in [0.29, 0.717) is 17.5 Å². The van der Waals surface area contributed by atoms with Crippen LogP contribution in [0.5, 0.6) is 5.75 Å². The first kappa shape index (κ1) is 16.1. The van der Waals surface area contributed by atoms with Crippen molar-refractivity contribution in [3.8, 4) is 5.75 Å². The number of halogens is 1. The number of thioether (sulfide) groups is 1. The molecule has 1 aliphatic heterocycles. The minimum atomic E-state index is -0.399. The van der Waals surface area contributed by atoms with E-state index in [2.05, 4.69) is 10.2 Å². The lowest BCUT2D eigenvalue weighted by Gasteiger charge is -2.11. The van der Waals surface area contributed by atoms with Gasteiger partial charge in [-0.25, -0.2) is 14.3 Å². The third-order valence-corrected chi connectivity index (χ3v) is 4.77. The van der Waals surface area contributed by atoms with Crippen LogP contribution in [0.2, 0.25) is 0 Å². The van der Waals surface area contributed by atoms with Crippen molar-refractivity contribution in [2.45, 2.75) is 36.4 Å². The first-order valence-electron chi connectivity index (χ1n) is 7.39.